The molecule has 2 aliphatic carbocycles. The van der Waals surface area contributed by atoms with Crippen LogP contribution in [0.1, 0.15) is 75.3 Å². The number of methoxy groups -OCH3 is 1. The number of carbonyl (C=O) groups is 2. The van der Waals surface area contributed by atoms with Crippen LogP contribution >= 0.6 is 0 Å². The second-order valence-corrected chi connectivity index (χ2v) is 11.9. The summed E-state index contributed by atoms with van der Waals surface area (Å²) in [5, 5.41) is 10.3. The second kappa shape index (κ2) is 9.79. The Hall–Kier alpha value is -2.86. The lowest BCUT2D eigenvalue weighted by Crippen LogP contribution is -2.58. The van der Waals surface area contributed by atoms with Gasteiger partial charge in [-0.2, -0.15) is 5.26 Å². The molecule has 0 N–H and O–H groups in total. The lowest BCUT2D eigenvalue weighted by molar-refractivity contribution is -0.137. The zero-order valence-electron chi connectivity index (χ0n) is 22.6. The van der Waals surface area contributed by atoms with Gasteiger partial charge in [-0.05, 0) is 44.6 Å². The van der Waals surface area contributed by atoms with E-state index in [0.29, 0.717) is 44.1 Å². The van der Waals surface area contributed by atoms with Crippen molar-refractivity contribution in [3.63, 3.8) is 0 Å². The van der Waals surface area contributed by atoms with E-state index in [1.165, 1.54) is 7.11 Å². The highest BCUT2D eigenvalue weighted by atomic mass is 16.7. The van der Waals surface area contributed by atoms with Crippen LogP contribution < -0.4 is 4.90 Å². The average Bonchev–Trinajstić information content (AvgIpc) is 3.79. The van der Waals surface area contributed by atoms with E-state index in [1.54, 1.807) is 0 Å². The topological polar surface area (TPSA) is 105 Å². The van der Waals surface area contributed by atoms with E-state index in [0.717, 1.165) is 41.9 Å². The van der Waals surface area contributed by atoms with Crippen LogP contribution in [0.2, 0.25) is 0 Å². The zero-order valence-corrected chi connectivity index (χ0v) is 22.6. The summed E-state index contributed by atoms with van der Waals surface area (Å²) in [6.07, 6.45) is 2.98. The summed E-state index contributed by atoms with van der Waals surface area (Å²) in [4.78, 5) is 34.1. The van der Waals surface area contributed by atoms with Gasteiger partial charge in [0.05, 0.1) is 43.2 Å². The van der Waals surface area contributed by atoms with E-state index in [2.05, 4.69) is 43.4 Å². The maximum atomic E-state index is 13.4. The first-order valence-corrected chi connectivity index (χ1v) is 13.5. The fourth-order valence-corrected chi connectivity index (χ4v) is 5.85. The number of nitriles is 1. The standard InChI is InChI=1S/C28H38N4O5/c1-16(2)23-13-31(8-9-32(23)26(33)19-10-18(19)14-36-27(34)35-5)25-21(12-29)20-11-28(3,4)37-15-22(20)24(30-25)17-6-7-17/h16-19,23H,6-11,13-15H2,1-5H3/t18-,19+,23-/m0/s1. The number of nitrogens with zero attached hydrogens (tertiary/aromatic N) is 4. The van der Waals surface area contributed by atoms with Gasteiger partial charge in [-0.25, -0.2) is 9.78 Å². The van der Waals surface area contributed by atoms with Crippen LogP contribution in [0.15, 0.2) is 0 Å². The highest BCUT2D eigenvalue weighted by Gasteiger charge is 2.48. The predicted octanol–water partition coefficient (Wildman–Crippen LogP) is 3.77. The van der Waals surface area contributed by atoms with Crippen molar-refractivity contribution in [1.82, 2.24) is 9.88 Å². The third-order valence-electron chi connectivity index (χ3n) is 8.30. The molecule has 0 bridgehead atoms. The van der Waals surface area contributed by atoms with Crippen LogP contribution in [-0.4, -0.2) is 66.9 Å². The minimum atomic E-state index is -0.710. The Morgan fingerprint density at radius 3 is 2.65 bits per heavy atom. The van der Waals surface area contributed by atoms with Gasteiger partial charge in [0.2, 0.25) is 5.91 Å². The third kappa shape index (κ3) is 5.13. The van der Waals surface area contributed by atoms with Crippen molar-refractivity contribution in [2.45, 2.75) is 77.5 Å². The number of rotatable bonds is 6. The predicted molar refractivity (Wildman–Crippen MR) is 136 cm³/mol. The number of piperazine rings is 1. The number of carbonyl (C=O) groups excluding carboxylic acids is 2. The van der Waals surface area contributed by atoms with Crippen molar-refractivity contribution >= 4 is 17.9 Å². The lowest BCUT2D eigenvalue weighted by Gasteiger charge is -2.45. The van der Waals surface area contributed by atoms with Gasteiger partial charge in [-0.3, -0.25) is 4.79 Å². The Morgan fingerprint density at radius 1 is 1.24 bits per heavy atom. The largest absolute Gasteiger partial charge is 0.507 e. The Bertz CT molecular complexity index is 1120. The molecule has 200 valence electrons. The fraction of sp³-hybridized carbons (Fsp3) is 0.714. The molecule has 1 aromatic heterocycles. The van der Waals surface area contributed by atoms with Crippen LogP contribution in [0.25, 0.3) is 0 Å². The van der Waals surface area contributed by atoms with Crippen LogP contribution in [0.4, 0.5) is 10.6 Å². The van der Waals surface area contributed by atoms with Gasteiger partial charge in [-0.15, -0.1) is 0 Å². The first kappa shape index (κ1) is 25.8. The molecule has 1 aromatic rings. The molecule has 3 fully saturated rings. The Balaban J connectivity index is 1.37. The van der Waals surface area contributed by atoms with Crippen LogP contribution in [0.3, 0.4) is 0 Å². The highest BCUT2D eigenvalue weighted by molar-refractivity contribution is 5.82. The second-order valence-electron chi connectivity index (χ2n) is 11.9. The van der Waals surface area contributed by atoms with Gasteiger partial charge in [0.25, 0.3) is 0 Å². The molecule has 3 atom stereocenters. The summed E-state index contributed by atoms with van der Waals surface area (Å²) in [5.74, 6) is 1.54. The van der Waals surface area contributed by atoms with Gasteiger partial charge in [0.15, 0.2) is 0 Å². The van der Waals surface area contributed by atoms with E-state index in [-0.39, 0.29) is 41.9 Å². The number of ether oxygens (including phenoxy) is 3. The number of amides is 1. The Labute approximate surface area is 219 Å². The average molecular weight is 511 g/mol. The Morgan fingerprint density at radius 2 is 2.00 bits per heavy atom. The summed E-state index contributed by atoms with van der Waals surface area (Å²) in [7, 11) is 1.28. The minimum Gasteiger partial charge on any atom is -0.438 e. The van der Waals surface area contributed by atoms with E-state index in [4.69, 9.17) is 14.5 Å². The molecule has 2 saturated carbocycles. The number of fused-ring (bicyclic) bond motifs is 1. The van der Waals surface area contributed by atoms with E-state index in [9.17, 15) is 14.9 Å². The molecule has 9 nitrogen and oxygen atoms in total. The van der Waals surface area contributed by atoms with Crippen molar-refractivity contribution in [3.8, 4) is 6.07 Å². The SMILES string of the molecule is COC(=O)OC[C@@H]1C[C@H]1C(=O)N1CCN(c2nc(C3CC3)c3c(c2C#N)CC(C)(C)OC3)C[C@H]1C(C)C. The zero-order chi connectivity index (χ0) is 26.5. The monoisotopic (exact) mass is 510 g/mol. The van der Waals surface area contributed by atoms with Crippen molar-refractivity contribution in [2.75, 3.05) is 38.3 Å². The van der Waals surface area contributed by atoms with Gasteiger partial charge in [0, 0.05) is 49.4 Å². The van der Waals surface area contributed by atoms with Crippen molar-refractivity contribution in [3.05, 3.63) is 22.4 Å². The molecule has 0 aromatic carbocycles. The van der Waals surface area contributed by atoms with Crippen molar-refractivity contribution < 1.29 is 23.8 Å². The van der Waals surface area contributed by atoms with Crippen LogP contribution in [0, 0.1) is 29.1 Å². The molecule has 1 saturated heterocycles. The maximum absolute atomic E-state index is 13.4. The third-order valence-corrected chi connectivity index (χ3v) is 8.30. The number of aromatic nitrogens is 1. The first-order valence-electron chi connectivity index (χ1n) is 13.5. The molecule has 2 aliphatic heterocycles. The van der Waals surface area contributed by atoms with Crippen molar-refractivity contribution in [1.29, 1.82) is 5.26 Å². The molecular weight excluding hydrogens is 472 g/mol. The van der Waals surface area contributed by atoms with Crippen LogP contribution in [-0.2, 0) is 32.0 Å². The van der Waals surface area contributed by atoms with Gasteiger partial charge >= 0.3 is 6.16 Å². The van der Waals surface area contributed by atoms with Crippen molar-refractivity contribution in [2.24, 2.45) is 17.8 Å². The smallest absolute Gasteiger partial charge is 0.438 e. The van der Waals surface area contributed by atoms with E-state index in [1.807, 2.05) is 4.90 Å². The van der Waals surface area contributed by atoms with Gasteiger partial charge < -0.3 is 24.0 Å². The minimum absolute atomic E-state index is 0.0116. The molecular formula is C28H38N4O5. The molecule has 37 heavy (non-hydrogen) atoms. The maximum Gasteiger partial charge on any atom is 0.507 e. The molecule has 0 radical (unpaired) electrons. The number of hydrogen-bond donors (Lipinski definition) is 0. The molecule has 4 aliphatic rings. The van der Waals surface area contributed by atoms with E-state index >= 15 is 0 Å². The summed E-state index contributed by atoms with van der Waals surface area (Å²) in [5.41, 5.74) is 3.66. The number of pyridine rings is 1. The fourth-order valence-electron chi connectivity index (χ4n) is 5.85. The molecule has 1 amide bonds. The normalized spacial score (nSPS) is 26.4. The van der Waals surface area contributed by atoms with E-state index < -0.39 is 6.16 Å². The first-order chi connectivity index (χ1) is 17.6. The lowest BCUT2D eigenvalue weighted by atomic mass is 9.87. The summed E-state index contributed by atoms with van der Waals surface area (Å²) < 4.78 is 15.7. The highest BCUT2D eigenvalue weighted by Crippen LogP contribution is 2.46. The van der Waals surface area contributed by atoms with Gasteiger partial charge in [0.1, 0.15) is 11.9 Å². The van der Waals surface area contributed by atoms with Crippen LogP contribution in [0.5, 0.6) is 0 Å². The quantitative estimate of drug-likeness (QED) is 0.533. The summed E-state index contributed by atoms with van der Waals surface area (Å²) in [6.45, 7) is 11.0. The van der Waals surface area contributed by atoms with Gasteiger partial charge in [-0.1, -0.05) is 13.8 Å². The molecule has 9 heteroatoms. The molecule has 5 rings (SSSR count). The Kier molecular flexibility index (Phi) is 6.82. The summed E-state index contributed by atoms with van der Waals surface area (Å²) >= 11 is 0. The molecule has 3 heterocycles. The molecule has 0 spiro atoms. The summed E-state index contributed by atoms with van der Waals surface area (Å²) in [6, 6.07) is 2.51. The number of hydrogen-bond acceptors (Lipinski definition) is 8. The number of anilines is 1. The molecule has 0 unspecified atom stereocenters.